The van der Waals surface area contributed by atoms with Gasteiger partial charge >= 0.3 is 0 Å². The van der Waals surface area contributed by atoms with E-state index in [-0.39, 0.29) is 59.4 Å². The van der Waals surface area contributed by atoms with Crippen LogP contribution >= 0.6 is 0 Å². The average Bonchev–Trinajstić information content (AvgIpc) is 4.05. The van der Waals surface area contributed by atoms with Gasteiger partial charge in [0.25, 0.3) is 0 Å². The first-order chi connectivity index (χ1) is 33.2. The first-order valence-corrected chi connectivity index (χ1v) is 26.6. The highest BCUT2D eigenvalue weighted by molar-refractivity contribution is 5.95. The van der Waals surface area contributed by atoms with Gasteiger partial charge in [-0.1, -0.05) is 104 Å². The predicted molar refractivity (Wildman–Crippen MR) is 272 cm³/mol. The molecule has 4 fully saturated rings. The molecule has 0 bridgehead atoms. The van der Waals surface area contributed by atoms with Gasteiger partial charge in [0.2, 0.25) is 35.4 Å². The van der Waals surface area contributed by atoms with Crippen molar-refractivity contribution in [2.45, 2.75) is 207 Å². The molecule has 0 aromatic heterocycles. The molecule has 16 nitrogen and oxygen atoms in total. The molecule has 2 heterocycles. The SMILES string of the molecule is CN[C@@H](C)C(=O)N[C@H](C(=O)N1CCC[C@H]1C(=O)N[C@H](COCc1cccc(COC[C@@H](NC(=O)[C@@H]2CCCN2C(=O)[C@@H](NC(=O)[C@H](C)NC)C(C)(C)C)C2CCCCC2)c1)C1CCCCC1)C(C)(C)C. The number of hydrogen-bond acceptors (Lipinski definition) is 10. The van der Waals surface area contributed by atoms with Gasteiger partial charge in [-0.3, -0.25) is 28.8 Å². The molecule has 6 N–H and O–H groups in total. The van der Waals surface area contributed by atoms with Crippen LogP contribution < -0.4 is 31.9 Å². The highest BCUT2D eigenvalue weighted by Crippen LogP contribution is 2.31. The summed E-state index contributed by atoms with van der Waals surface area (Å²) in [5.74, 6) is -0.787. The van der Waals surface area contributed by atoms with E-state index >= 15 is 0 Å². The van der Waals surface area contributed by atoms with E-state index < -0.39 is 47.1 Å². The first kappa shape index (κ1) is 56.8. The van der Waals surface area contributed by atoms with Crippen molar-refractivity contribution in [2.75, 3.05) is 40.4 Å². The number of rotatable bonds is 22. The van der Waals surface area contributed by atoms with Crippen LogP contribution in [0, 0.1) is 22.7 Å². The number of nitrogens with one attached hydrogen (secondary N) is 6. The van der Waals surface area contributed by atoms with E-state index in [0.717, 1.165) is 62.5 Å². The van der Waals surface area contributed by atoms with Crippen molar-refractivity contribution in [3.05, 3.63) is 35.4 Å². The Morgan fingerprint density at radius 3 is 1.27 bits per heavy atom. The molecule has 0 spiro atoms. The fourth-order valence-electron chi connectivity index (χ4n) is 10.7. The number of likely N-dealkylation sites (tertiary alicyclic amines) is 2. The number of carbonyl (C=O) groups is 6. The van der Waals surface area contributed by atoms with Crippen LogP contribution in [0.15, 0.2) is 24.3 Å². The maximum atomic E-state index is 14.1. The molecule has 0 unspecified atom stereocenters. The predicted octanol–water partition coefficient (Wildman–Crippen LogP) is 5.11. The zero-order chi connectivity index (χ0) is 51.2. The van der Waals surface area contributed by atoms with E-state index in [9.17, 15) is 28.8 Å². The van der Waals surface area contributed by atoms with Crippen LogP contribution in [0.5, 0.6) is 0 Å². The third kappa shape index (κ3) is 15.9. The van der Waals surface area contributed by atoms with Crippen LogP contribution in [-0.4, -0.2) is 134 Å². The quantitative estimate of drug-likeness (QED) is 0.0908. The zero-order valence-electron chi connectivity index (χ0n) is 44.4. The summed E-state index contributed by atoms with van der Waals surface area (Å²) >= 11 is 0. The molecule has 2 saturated heterocycles. The molecule has 6 amide bonds. The lowest BCUT2D eigenvalue weighted by atomic mass is 9.84. The van der Waals surface area contributed by atoms with E-state index in [1.54, 1.807) is 37.7 Å². The number of likely N-dealkylation sites (N-methyl/N-ethyl adjacent to an activating group) is 2. The monoisotopic (exact) mass is 979 g/mol. The lowest BCUT2D eigenvalue weighted by Gasteiger charge is -2.37. The molecule has 1 aromatic rings. The molecule has 1 aromatic carbocycles. The minimum atomic E-state index is -0.781. The Bertz CT molecular complexity index is 1760. The second-order valence-electron chi connectivity index (χ2n) is 22.9. The lowest BCUT2D eigenvalue weighted by Crippen LogP contribution is -2.60. The Morgan fingerprint density at radius 1 is 0.557 bits per heavy atom. The molecule has 0 radical (unpaired) electrons. The van der Waals surface area contributed by atoms with Gasteiger partial charge in [0.15, 0.2) is 0 Å². The zero-order valence-corrected chi connectivity index (χ0v) is 44.4. The number of hydrogen-bond donors (Lipinski definition) is 6. The topological polar surface area (TPSA) is 200 Å². The lowest BCUT2D eigenvalue weighted by molar-refractivity contribution is -0.144. The second-order valence-corrected chi connectivity index (χ2v) is 22.9. The van der Waals surface area contributed by atoms with Crippen molar-refractivity contribution in [1.29, 1.82) is 0 Å². The molecule has 5 rings (SSSR count). The van der Waals surface area contributed by atoms with Gasteiger partial charge in [0, 0.05) is 13.1 Å². The van der Waals surface area contributed by atoms with Gasteiger partial charge in [-0.2, -0.15) is 0 Å². The van der Waals surface area contributed by atoms with Crippen LogP contribution in [0.3, 0.4) is 0 Å². The molecule has 8 atom stereocenters. The molecule has 2 aliphatic heterocycles. The van der Waals surface area contributed by atoms with Crippen molar-refractivity contribution in [1.82, 2.24) is 41.7 Å². The summed E-state index contributed by atoms with van der Waals surface area (Å²) in [6, 6.07) is 3.98. The van der Waals surface area contributed by atoms with Crippen molar-refractivity contribution < 1.29 is 38.2 Å². The fourth-order valence-corrected chi connectivity index (χ4v) is 10.7. The molecular formula is C54H90N8O8. The Morgan fingerprint density at radius 2 is 0.929 bits per heavy atom. The highest BCUT2D eigenvalue weighted by Gasteiger charge is 2.45. The molecule has 4 aliphatic rings. The normalized spacial score (nSPS) is 22.1. The van der Waals surface area contributed by atoms with Crippen molar-refractivity contribution in [3.63, 3.8) is 0 Å². The van der Waals surface area contributed by atoms with E-state index in [4.69, 9.17) is 9.47 Å². The minimum absolute atomic E-state index is 0.168. The number of amides is 6. The standard InChI is InChI=1S/C54H90N8O8/c1-35(55-9)47(63)59-45(53(3,4)5)51(67)61-28-18-26-43(61)49(65)57-41(39-22-13-11-14-23-39)33-69-31-37-20-17-21-38(30-37)32-70-34-42(40-24-15-12-16-25-40)58-50(66)44-27-19-29-62(44)52(68)46(54(6,7)8)60-48(64)36(2)56-10/h17,20-21,30,35-36,39-46,55-56H,11-16,18-19,22-29,31-34H2,1-10H3,(H,57,65)(H,58,66)(H,59,63)(H,60,64)/t35-,36-,41+,42+,43-,44-,45+,46+/m0/s1. The number of nitrogens with zero attached hydrogens (tertiary/aromatic N) is 2. The van der Waals surface area contributed by atoms with Gasteiger partial charge in [-0.25, -0.2) is 0 Å². The van der Waals surface area contributed by atoms with Crippen LogP contribution in [0.25, 0.3) is 0 Å². The molecule has 16 heteroatoms. The number of benzene rings is 1. The van der Waals surface area contributed by atoms with Gasteiger partial charge in [-0.15, -0.1) is 0 Å². The highest BCUT2D eigenvalue weighted by atomic mass is 16.5. The average molecular weight is 979 g/mol. The van der Waals surface area contributed by atoms with Gasteiger partial charge < -0.3 is 51.2 Å². The molecule has 394 valence electrons. The summed E-state index contributed by atoms with van der Waals surface area (Å²) in [6.07, 6.45) is 13.3. The fraction of sp³-hybridized carbons (Fsp3) is 0.778. The summed E-state index contributed by atoms with van der Waals surface area (Å²) in [5, 5.41) is 18.5. The Labute approximate surface area is 419 Å². The van der Waals surface area contributed by atoms with E-state index in [1.165, 1.54) is 12.8 Å². The summed E-state index contributed by atoms with van der Waals surface area (Å²) in [4.78, 5) is 85.7. The van der Waals surface area contributed by atoms with Crippen LogP contribution in [-0.2, 0) is 51.5 Å². The largest absolute Gasteiger partial charge is 0.375 e. The Hall–Kier alpha value is -4.12. The molecule has 2 saturated carbocycles. The van der Waals surface area contributed by atoms with Crippen LogP contribution in [0.1, 0.15) is 156 Å². The maximum absolute atomic E-state index is 14.1. The van der Waals surface area contributed by atoms with Gasteiger partial charge in [0.1, 0.15) is 24.2 Å². The van der Waals surface area contributed by atoms with Gasteiger partial charge in [0.05, 0.1) is 50.6 Å². The Balaban J connectivity index is 1.18. The number of carbonyl (C=O) groups excluding carboxylic acids is 6. The number of ether oxygens (including phenoxy) is 2. The second kappa shape index (κ2) is 26.5. The Kier molecular flexibility index (Phi) is 21.5. The molecule has 70 heavy (non-hydrogen) atoms. The van der Waals surface area contributed by atoms with Crippen molar-refractivity contribution in [2.24, 2.45) is 22.7 Å². The maximum Gasteiger partial charge on any atom is 0.246 e. The first-order valence-electron chi connectivity index (χ1n) is 26.6. The summed E-state index contributed by atoms with van der Waals surface area (Å²) in [7, 11) is 3.41. The van der Waals surface area contributed by atoms with Gasteiger partial charge in [-0.05, 0) is 113 Å². The summed E-state index contributed by atoms with van der Waals surface area (Å²) in [5.41, 5.74) is 0.846. The van der Waals surface area contributed by atoms with Crippen LogP contribution in [0.2, 0.25) is 0 Å². The van der Waals surface area contributed by atoms with Crippen molar-refractivity contribution >= 4 is 35.4 Å². The minimum Gasteiger partial charge on any atom is -0.375 e. The van der Waals surface area contributed by atoms with E-state index in [2.05, 4.69) is 38.0 Å². The smallest absolute Gasteiger partial charge is 0.246 e. The van der Waals surface area contributed by atoms with Crippen molar-refractivity contribution in [3.8, 4) is 0 Å². The third-order valence-electron chi connectivity index (χ3n) is 15.3. The summed E-state index contributed by atoms with van der Waals surface area (Å²) in [6.45, 7) is 17.4. The van der Waals surface area contributed by atoms with E-state index in [0.29, 0.717) is 65.2 Å². The van der Waals surface area contributed by atoms with Crippen LogP contribution in [0.4, 0.5) is 0 Å². The van der Waals surface area contributed by atoms with E-state index in [1.807, 2.05) is 59.7 Å². The molecule has 2 aliphatic carbocycles. The molecular weight excluding hydrogens is 889 g/mol. The summed E-state index contributed by atoms with van der Waals surface area (Å²) < 4.78 is 12.8. The third-order valence-corrected chi connectivity index (χ3v) is 15.3.